The van der Waals surface area contributed by atoms with Gasteiger partial charge in [0, 0.05) is 27.7 Å². The Labute approximate surface area is 195 Å². The number of hydrogen-bond acceptors (Lipinski definition) is 5. The van der Waals surface area contributed by atoms with E-state index < -0.39 is 16.3 Å². The Balaban J connectivity index is 1.91. The Kier molecular flexibility index (Phi) is 8.84. The predicted molar refractivity (Wildman–Crippen MR) is 127 cm³/mol. The SMILES string of the molecule is NN=CNc1cccc(C(=O)NCC(=O)NC2(Br)C=C(I)C=C(CCC(=O)O)C2)c1. The zero-order valence-corrected chi connectivity index (χ0v) is 19.6. The molecule has 0 heterocycles. The smallest absolute Gasteiger partial charge is 0.303 e. The molecule has 0 bridgehead atoms. The molecule has 0 aliphatic heterocycles. The van der Waals surface area contributed by atoms with Crippen LogP contribution in [-0.4, -0.2) is 40.2 Å². The largest absolute Gasteiger partial charge is 0.481 e. The summed E-state index contributed by atoms with van der Waals surface area (Å²) in [5.74, 6) is 3.37. The van der Waals surface area contributed by atoms with Gasteiger partial charge in [-0.3, -0.25) is 14.4 Å². The summed E-state index contributed by atoms with van der Waals surface area (Å²) in [4.78, 5) is 35.5. The third-order valence-corrected chi connectivity index (χ3v) is 5.37. The average Bonchev–Trinajstić information content (AvgIpc) is 2.68. The molecule has 0 fully saturated rings. The molecule has 2 amide bonds. The summed E-state index contributed by atoms with van der Waals surface area (Å²) in [5.41, 5.74) is 1.91. The van der Waals surface area contributed by atoms with Crippen LogP contribution in [0, 0.1) is 0 Å². The van der Waals surface area contributed by atoms with Crippen molar-refractivity contribution in [3.63, 3.8) is 0 Å². The maximum atomic E-state index is 12.4. The molecule has 1 aromatic carbocycles. The summed E-state index contributed by atoms with van der Waals surface area (Å²) in [5, 5.41) is 20.4. The van der Waals surface area contributed by atoms with Gasteiger partial charge in [-0.2, -0.15) is 5.10 Å². The molecule has 160 valence electrons. The summed E-state index contributed by atoms with van der Waals surface area (Å²) in [6.07, 6.45) is 5.89. The minimum Gasteiger partial charge on any atom is -0.481 e. The van der Waals surface area contributed by atoms with Crippen LogP contribution in [0.2, 0.25) is 0 Å². The number of amides is 2. The molecule has 0 radical (unpaired) electrons. The second-order valence-electron chi connectivity index (χ2n) is 6.50. The molecule has 1 aromatic rings. The number of aliphatic carboxylic acids is 1. The molecule has 30 heavy (non-hydrogen) atoms. The van der Waals surface area contributed by atoms with Crippen molar-refractivity contribution in [2.45, 2.75) is 23.7 Å². The van der Waals surface area contributed by atoms with Gasteiger partial charge >= 0.3 is 5.97 Å². The van der Waals surface area contributed by atoms with Gasteiger partial charge in [0.15, 0.2) is 0 Å². The van der Waals surface area contributed by atoms with Gasteiger partial charge in [0.1, 0.15) is 10.8 Å². The van der Waals surface area contributed by atoms with E-state index in [2.05, 4.69) is 59.6 Å². The fourth-order valence-corrected chi connectivity index (χ4v) is 5.02. The monoisotopic (exact) mass is 589 g/mol. The molecule has 0 aromatic heterocycles. The van der Waals surface area contributed by atoms with E-state index in [9.17, 15) is 14.4 Å². The molecule has 1 aliphatic rings. The predicted octanol–water partition coefficient (Wildman–Crippen LogP) is 2.45. The number of rotatable bonds is 9. The van der Waals surface area contributed by atoms with Gasteiger partial charge < -0.3 is 26.9 Å². The number of carbonyl (C=O) groups excluding carboxylic acids is 2. The lowest BCUT2D eigenvalue weighted by molar-refractivity contribution is -0.137. The number of nitrogens with two attached hydrogens (primary N) is 1. The first-order chi connectivity index (χ1) is 14.2. The molecule has 0 saturated carbocycles. The molecule has 11 heteroatoms. The Morgan fingerprint density at radius 1 is 1.37 bits per heavy atom. The highest BCUT2D eigenvalue weighted by molar-refractivity contribution is 14.1. The van der Waals surface area contributed by atoms with E-state index in [0.717, 1.165) is 9.15 Å². The highest BCUT2D eigenvalue weighted by Crippen LogP contribution is 2.35. The van der Waals surface area contributed by atoms with Crippen molar-refractivity contribution in [1.29, 1.82) is 0 Å². The minimum absolute atomic E-state index is 0.0217. The van der Waals surface area contributed by atoms with Gasteiger partial charge in [0.25, 0.3) is 5.91 Å². The lowest BCUT2D eigenvalue weighted by Crippen LogP contribution is -2.47. The molecular formula is C19H21BrIN5O4. The van der Waals surface area contributed by atoms with Crippen molar-refractivity contribution >= 4 is 68.3 Å². The number of carboxylic acid groups (broad SMARTS) is 1. The van der Waals surface area contributed by atoms with Crippen LogP contribution in [-0.2, 0) is 9.59 Å². The Morgan fingerprint density at radius 3 is 2.83 bits per heavy atom. The molecule has 0 saturated heterocycles. The third kappa shape index (κ3) is 7.78. The summed E-state index contributed by atoms with van der Waals surface area (Å²) >= 11 is 5.64. The third-order valence-electron chi connectivity index (χ3n) is 4.04. The van der Waals surface area contributed by atoms with E-state index in [1.165, 1.54) is 6.34 Å². The van der Waals surface area contributed by atoms with Crippen LogP contribution in [0.1, 0.15) is 29.6 Å². The number of hydrogen-bond donors (Lipinski definition) is 5. The van der Waals surface area contributed by atoms with Crippen molar-refractivity contribution in [1.82, 2.24) is 10.6 Å². The highest BCUT2D eigenvalue weighted by atomic mass is 127. The molecular weight excluding hydrogens is 569 g/mol. The molecule has 1 atom stereocenters. The second kappa shape index (κ2) is 11.1. The summed E-state index contributed by atoms with van der Waals surface area (Å²) in [6.45, 7) is -0.216. The van der Waals surface area contributed by atoms with Crippen LogP contribution in [0.5, 0.6) is 0 Å². The quantitative estimate of drug-likeness (QED) is 0.0569. The minimum atomic E-state index is -0.873. The van der Waals surface area contributed by atoms with E-state index in [1.807, 2.05) is 12.2 Å². The van der Waals surface area contributed by atoms with E-state index in [0.29, 0.717) is 24.1 Å². The van der Waals surface area contributed by atoms with Crippen molar-refractivity contribution in [3.8, 4) is 0 Å². The van der Waals surface area contributed by atoms with Gasteiger partial charge in [-0.1, -0.05) is 27.6 Å². The van der Waals surface area contributed by atoms with Crippen molar-refractivity contribution < 1.29 is 19.5 Å². The van der Waals surface area contributed by atoms with E-state index in [-0.39, 0.29) is 18.9 Å². The van der Waals surface area contributed by atoms with Crippen LogP contribution in [0.25, 0.3) is 0 Å². The number of alkyl halides is 1. The lowest BCUT2D eigenvalue weighted by atomic mass is 9.96. The standard InChI is InChI=1S/C19H21BrIN5O4/c20-19(8-12(4-5-17(28)29)6-14(21)9-19)26-16(27)10-23-18(30)13-2-1-3-15(7-13)24-11-25-22/h1-3,6-7,9,11H,4-5,8,10,22H2,(H,23,30)(H,24,25)(H,26,27)(H,28,29). The first-order valence-electron chi connectivity index (χ1n) is 8.87. The van der Waals surface area contributed by atoms with Gasteiger partial charge in [-0.25, -0.2) is 0 Å². The van der Waals surface area contributed by atoms with Crippen LogP contribution < -0.4 is 21.8 Å². The van der Waals surface area contributed by atoms with Crippen LogP contribution in [0.4, 0.5) is 5.69 Å². The van der Waals surface area contributed by atoms with Gasteiger partial charge in [-0.15, -0.1) is 0 Å². The van der Waals surface area contributed by atoms with Gasteiger partial charge in [-0.05, 0) is 59.4 Å². The number of hydrazone groups is 1. The molecule has 0 spiro atoms. The van der Waals surface area contributed by atoms with Crippen LogP contribution >= 0.6 is 38.5 Å². The first-order valence-corrected chi connectivity index (χ1v) is 10.7. The number of benzene rings is 1. The Morgan fingerprint density at radius 2 is 2.13 bits per heavy atom. The maximum Gasteiger partial charge on any atom is 0.303 e. The fourth-order valence-electron chi connectivity index (χ4n) is 2.80. The summed E-state index contributed by atoms with van der Waals surface area (Å²) in [6, 6.07) is 6.66. The van der Waals surface area contributed by atoms with Crippen molar-refractivity contribution in [2.75, 3.05) is 11.9 Å². The zero-order chi connectivity index (χ0) is 22.1. The number of nitrogens with one attached hydrogen (secondary N) is 3. The normalized spacial score (nSPS) is 18.3. The van der Waals surface area contributed by atoms with Gasteiger partial charge in [0.2, 0.25) is 5.91 Å². The average molecular weight is 590 g/mol. The molecule has 1 aliphatic carbocycles. The molecule has 1 unspecified atom stereocenters. The van der Waals surface area contributed by atoms with Gasteiger partial charge in [0.05, 0.1) is 6.54 Å². The Hall–Kier alpha value is -2.41. The summed E-state index contributed by atoms with van der Waals surface area (Å²) < 4.78 is 0.0463. The number of anilines is 1. The number of carboxylic acids is 1. The number of halogens is 2. The highest BCUT2D eigenvalue weighted by Gasteiger charge is 2.30. The maximum absolute atomic E-state index is 12.4. The fraction of sp³-hybridized carbons (Fsp3) is 0.263. The number of nitrogens with zero attached hydrogens (tertiary/aromatic N) is 1. The number of carbonyl (C=O) groups is 3. The first kappa shape index (κ1) is 23.9. The van der Waals surface area contributed by atoms with E-state index >= 15 is 0 Å². The van der Waals surface area contributed by atoms with E-state index in [4.69, 9.17) is 10.9 Å². The van der Waals surface area contributed by atoms with Crippen molar-refractivity contribution in [3.05, 3.63) is 51.1 Å². The summed E-state index contributed by atoms with van der Waals surface area (Å²) in [7, 11) is 0. The van der Waals surface area contributed by atoms with E-state index in [1.54, 1.807) is 24.3 Å². The van der Waals surface area contributed by atoms with Crippen LogP contribution in [0.15, 0.2) is 50.7 Å². The zero-order valence-electron chi connectivity index (χ0n) is 15.8. The van der Waals surface area contributed by atoms with Crippen LogP contribution in [0.3, 0.4) is 0 Å². The lowest BCUT2D eigenvalue weighted by Gasteiger charge is -2.30. The molecule has 6 N–H and O–H groups in total. The van der Waals surface area contributed by atoms with Crippen molar-refractivity contribution in [2.24, 2.45) is 10.9 Å². The topological polar surface area (TPSA) is 146 Å². The second-order valence-corrected chi connectivity index (χ2v) is 9.16. The number of allylic oxidation sites excluding steroid dienone is 2. The molecule has 2 rings (SSSR count). The molecule has 9 nitrogen and oxygen atoms in total. The Bertz CT molecular complexity index is 918.